The molecule has 0 atom stereocenters. The van der Waals surface area contributed by atoms with Gasteiger partial charge in [0.25, 0.3) is 0 Å². The summed E-state index contributed by atoms with van der Waals surface area (Å²) in [7, 11) is -0.358. The SMILES string of the molecule is COc1cc(-c2cn(C)cn2)cc(S(=O)(=O)c2cnc(CN)s2)c1. The van der Waals surface area contributed by atoms with E-state index in [0.29, 0.717) is 22.0 Å². The standard InChI is InChI=1S/C15H16N4O3S2/c1-19-8-13(18-9-19)10-3-11(22-2)5-12(4-10)24(20,21)15-7-17-14(6-16)23-15/h3-5,7-9H,6,16H2,1-2H3. The summed E-state index contributed by atoms with van der Waals surface area (Å²) in [6.07, 6.45) is 4.80. The predicted molar refractivity (Wildman–Crippen MR) is 90.7 cm³/mol. The molecule has 0 radical (unpaired) electrons. The second kappa shape index (κ2) is 6.34. The largest absolute Gasteiger partial charge is 0.497 e. The van der Waals surface area contributed by atoms with Gasteiger partial charge in [0.2, 0.25) is 9.84 Å². The van der Waals surface area contributed by atoms with Gasteiger partial charge in [0.15, 0.2) is 0 Å². The van der Waals surface area contributed by atoms with Crippen molar-refractivity contribution in [3.8, 4) is 17.0 Å². The van der Waals surface area contributed by atoms with Gasteiger partial charge in [0.05, 0.1) is 30.2 Å². The Hall–Kier alpha value is -2.23. The van der Waals surface area contributed by atoms with Gasteiger partial charge in [-0.05, 0) is 18.2 Å². The van der Waals surface area contributed by atoms with Gasteiger partial charge in [-0.1, -0.05) is 0 Å². The lowest BCUT2D eigenvalue weighted by Crippen LogP contribution is -2.01. The molecule has 0 aliphatic carbocycles. The number of hydrogen-bond donors (Lipinski definition) is 1. The summed E-state index contributed by atoms with van der Waals surface area (Å²) in [5.74, 6) is 0.445. The molecule has 126 valence electrons. The molecular weight excluding hydrogens is 348 g/mol. The lowest BCUT2D eigenvalue weighted by molar-refractivity contribution is 0.413. The minimum Gasteiger partial charge on any atom is -0.497 e. The fourth-order valence-corrected chi connectivity index (χ4v) is 4.70. The van der Waals surface area contributed by atoms with Crippen LogP contribution in [0.5, 0.6) is 5.75 Å². The Morgan fingerprint density at radius 3 is 2.67 bits per heavy atom. The molecule has 0 spiro atoms. The summed E-state index contributed by atoms with van der Waals surface area (Å²) < 4.78 is 32.9. The van der Waals surface area contributed by atoms with Crippen molar-refractivity contribution in [2.75, 3.05) is 7.11 Å². The number of benzene rings is 1. The second-order valence-electron chi connectivity index (χ2n) is 5.10. The molecule has 7 nitrogen and oxygen atoms in total. The Balaban J connectivity index is 2.13. The number of sulfone groups is 1. The van der Waals surface area contributed by atoms with Crippen LogP contribution in [-0.2, 0) is 23.4 Å². The topological polar surface area (TPSA) is 100 Å². The van der Waals surface area contributed by atoms with E-state index in [2.05, 4.69) is 9.97 Å². The van der Waals surface area contributed by atoms with Gasteiger partial charge >= 0.3 is 0 Å². The molecule has 24 heavy (non-hydrogen) atoms. The number of methoxy groups -OCH3 is 1. The maximum atomic E-state index is 12.9. The highest BCUT2D eigenvalue weighted by atomic mass is 32.2. The molecule has 9 heteroatoms. The van der Waals surface area contributed by atoms with Crippen LogP contribution in [0, 0.1) is 0 Å². The van der Waals surface area contributed by atoms with Gasteiger partial charge in [-0.2, -0.15) is 0 Å². The minimum absolute atomic E-state index is 0.134. The van der Waals surface area contributed by atoms with Crippen LogP contribution in [0.1, 0.15) is 5.01 Å². The van der Waals surface area contributed by atoms with Crippen LogP contribution in [0.25, 0.3) is 11.3 Å². The average molecular weight is 364 g/mol. The zero-order valence-electron chi connectivity index (χ0n) is 13.1. The van der Waals surface area contributed by atoms with Crippen LogP contribution in [0.4, 0.5) is 0 Å². The van der Waals surface area contributed by atoms with E-state index in [9.17, 15) is 8.42 Å². The van der Waals surface area contributed by atoms with Gasteiger partial charge in [0.1, 0.15) is 15.0 Å². The van der Waals surface area contributed by atoms with Gasteiger partial charge in [-0.15, -0.1) is 11.3 Å². The van der Waals surface area contributed by atoms with Gasteiger partial charge in [-0.3, -0.25) is 0 Å². The Labute approximate surface area is 143 Å². The molecule has 0 aliphatic rings. The van der Waals surface area contributed by atoms with Crippen LogP contribution in [0.15, 0.2) is 46.0 Å². The molecule has 3 aromatic rings. The van der Waals surface area contributed by atoms with E-state index in [0.717, 1.165) is 11.3 Å². The van der Waals surface area contributed by atoms with Crippen LogP contribution < -0.4 is 10.5 Å². The fraction of sp³-hybridized carbons (Fsp3) is 0.200. The monoisotopic (exact) mass is 364 g/mol. The number of thiazole rings is 1. The predicted octanol–water partition coefficient (Wildman–Crippen LogP) is 1.84. The van der Waals surface area contributed by atoms with Crippen LogP contribution in [0.2, 0.25) is 0 Å². The summed E-state index contributed by atoms with van der Waals surface area (Å²) in [6, 6.07) is 4.82. The molecule has 0 saturated carbocycles. The van der Waals surface area contributed by atoms with E-state index in [-0.39, 0.29) is 15.6 Å². The molecule has 0 bridgehead atoms. The Morgan fingerprint density at radius 2 is 2.08 bits per heavy atom. The van der Waals surface area contributed by atoms with Crippen LogP contribution in [0.3, 0.4) is 0 Å². The van der Waals surface area contributed by atoms with Crippen molar-refractivity contribution in [2.45, 2.75) is 15.6 Å². The van der Waals surface area contributed by atoms with Crippen molar-refractivity contribution in [3.05, 3.63) is 41.9 Å². The second-order valence-corrected chi connectivity index (χ2v) is 8.39. The van der Waals surface area contributed by atoms with E-state index in [1.165, 1.54) is 19.4 Å². The summed E-state index contributed by atoms with van der Waals surface area (Å²) in [6.45, 7) is 0.206. The summed E-state index contributed by atoms with van der Waals surface area (Å²) in [5, 5.41) is 0.571. The number of aromatic nitrogens is 3. The van der Waals surface area contributed by atoms with Crippen molar-refractivity contribution in [1.82, 2.24) is 14.5 Å². The third kappa shape index (κ3) is 3.05. The molecule has 3 rings (SSSR count). The van der Waals surface area contributed by atoms with E-state index >= 15 is 0 Å². The number of rotatable bonds is 5. The third-order valence-corrected chi connectivity index (χ3v) is 6.61. The summed E-state index contributed by atoms with van der Waals surface area (Å²) in [5.41, 5.74) is 6.85. The molecule has 2 N–H and O–H groups in total. The lowest BCUT2D eigenvalue weighted by atomic mass is 10.1. The van der Waals surface area contributed by atoms with Gasteiger partial charge in [0, 0.05) is 25.4 Å². The van der Waals surface area contributed by atoms with E-state index < -0.39 is 9.84 Å². The van der Waals surface area contributed by atoms with Gasteiger partial charge in [-0.25, -0.2) is 18.4 Å². The minimum atomic E-state index is -3.70. The smallest absolute Gasteiger partial charge is 0.217 e. The molecular formula is C15H16N4O3S2. The first-order chi connectivity index (χ1) is 11.4. The van der Waals surface area contributed by atoms with E-state index in [4.69, 9.17) is 10.5 Å². The Bertz CT molecular complexity index is 976. The number of ether oxygens (including phenoxy) is 1. The normalized spacial score (nSPS) is 11.6. The highest BCUT2D eigenvalue weighted by Gasteiger charge is 2.23. The van der Waals surface area contributed by atoms with Crippen molar-refractivity contribution in [2.24, 2.45) is 12.8 Å². The zero-order chi connectivity index (χ0) is 17.3. The molecule has 1 aromatic carbocycles. The number of imidazole rings is 1. The average Bonchev–Trinajstić information content (AvgIpc) is 3.23. The van der Waals surface area contributed by atoms with Crippen molar-refractivity contribution in [3.63, 3.8) is 0 Å². The number of aryl methyl sites for hydroxylation is 1. The van der Waals surface area contributed by atoms with Crippen LogP contribution >= 0.6 is 11.3 Å². The first-order valence-corrected chi connectivity index (χ1v) is 9.31. The third-order valence-electron chi connectivity index (χ3n) is 3.40. The van der Waals surface area contributed by atoms with Gasteiger partial charge < -0.3 is 15.0 Å². The fourth-order valence-electron chi connectivity index (χ4n) is 2.18. The van der Waals surface area contributed by atoms with Crippen molar-refractivity contribution < 1.29 is 13.2 Å². The highest BCUT2D eigenvalue weighted by molar-refractivity contribution is 7.93. The summed E-state index contributed by atoms with van der Waals surface area (Å²) in [4.78, 5) is 8.42. The van der Waals surface area contributed by atoms with Crippen molar-refractivity contribution >= 4 is 21.2 Å². The van der Waals surface area contributed by atoms with E-state index in [1.54, 1.807) is 23.0 Å². The Kier molecular flexibility index (Phi) is 4.39. The lowest BCUT2D eigenvalue weighted by Gasteiger charge is -2.08. The number of nitrogens with zero attached hydrogens (tertiary/aromatic N) is 3. The first kappa shape index (κ1) is 16.6. The molecule has 0 saturated heterocycles. The molecule has 0 fully saturated rings. The van der Waals surface area contributed by atoms with Crippen molar-refractivity contribution in [1.29, 1.82) is 0 Å². The zero-order valence-corrected chi connectivity index (χ0v) is 14.8. The van der Waals surface area contributed by atoms with E-state index in [1.807, 2.05) is 13.2 Å². The number of hydrogen-bond acceptors (Lipinski definition) is 7. The highest BCUT2D eigenvalue weighted by Crippen LogP contribution is 2.32. The molecule has 0 unspecified atom stereocenters. The molecule has 0 amide bonds. The number of nitrogens with two attached hydrogens (primary N) is 1. The molecule has 0 aliphatic heterocycles. The van der Waals surface area contributed by atoms with Crippen LogP contribution in [-0.4, -0.2) is 30.1 Å². The maximum Gasteiger partial charge on any atom is 0.217 e. The molecule has 2 heterocycles. The Morgan fingerprint density at radius 1 is 1.29 bits per heavy atom. The molecule has 2 aromatic heterocycles. The summed E-state index contributed by atoms with van der Waals surface area (Å²) >= 11 is 1.07. The maximum absolute atomic E-state index is 12.9. The quantitative estimate of drug-likeness (QED) is 0.741. The first-order valence-electron chi connectivity index (χ1n) is 7.01.